The van der Waals surface area contributed by atoms with Gasteiger partial charge in [-0.25, -0.2) is 0 Å². The first kappa shape index (κ1) is 4.39. The average molecular weight is 202 g/mol. The number of hydrogen-bond acceptors (Lipinski definition) is 2. The van der Waals surface area contributed by atoms with E-state index in [-0.39, 0.29) is 0 Å². The maximum atomic E-state index is 10.9. The van der Waals surface area contributed by atoms with Gasteiger partial charge >= 0.3 is 0 Å². The summed E-state index contributed by atoms with van der Waals surface area (Å²) in [7, 11) is -8.23. The van der Waals surface area contributed by atoms with Crippen LogP contribution in [0.15, 0.2) is 0 Å². The third-order valence-corrected chi connectivity index (χ3v) is 1.85. The molecule has 0 aliphatic rings. The van der Waals surface area contributed by atoms with Crippen molar-refractivity contribution >= 4 is 18.2 Å². The van der Waals surface area contributed by atoms with E-state index in [1.807, 2.05) is 0 Å². The summed E-state index contributed by atoms with van der Waals surface area (Å²) in [6, 6.07) is 0. The van der Waals surface area contributed by atoms with E-state index >= 15 is 0 Å². The second-order valence-electron chi connectivity index (χ2n) is 3.08. The van der Waals surface area contributed by atoms with Gasteiger partial charge in [0, 0.05) is 16.3 Å². The van der Waals surface area contributed by atoms with E-state index in [9.17, 15) is 8.42 Å². The molecule has 0 rings (SSSR count). The van der Waals surface area contributed by atoms with Crippen molar-refractivity contribution in [3.63, 3.8) is 0 Å². The molecule has 0 atom stereocenters. The van der Waals surface area contributed by atoms with Crippen molar-refractivity contribution in [1.29, 1.82) is 0 Å². The molecule has 0 unspecified atom stereocenters. The fourth-order valence-corrected chi connectivity index (χ4v) is 0.986. The summed E-state index contributed by atoms with van der Waals surface area (Å²) in [6.07, 6.45) is -3.35. The Morgan fingerprint density at radius 1 is 1.45 bits per heavy atom. The summed E-state index contributed by atoms with van der Waals surface area (Å²) in [5.74, 6) is -2.67. The van der Waals surface area contributed by atoms with Gasteiger partial charge in [-0.1, -0.05) is 25.6 Å². The highest BCUT2D eigenvalue weighted by molar-refractivity contribution is 7.85. The molecule has 3 nitrogen and oxygen atoms in total. The van der Waals surface area contributed by atoms with Crippen LogP contribution in [-0.2, 0) is 10.1 Å². The van der Waals surface area contributed by atoms with Crippen molar-refractivity contribution in [2.75, 3.05) is 5.70 Å². The van der Waals surface area contributed by atoms with E-state index in [2.05, 4.69) is 0 Å². The molecule has 0 amide bonds. The van der Waals surface area contributed by atoms with E-state index in [1.165, 1.54) is 19.6 Å². The third kappa shape index (κ3) is 10.1. The van der Waals surface area contributed by atoms with Crippen LogP contribution in [0, 0.1) is 0 Å². The Hall–Kier alpha value is 0.127. The minimum Gasteiger partial charge on any atom is -0.286 e. The van der Waals surface area contributed by atoms with Crippen LogP contribution in [0.5, 0.6) is 0 Å². The molecule has 68 valence electrons. The molecular weight excluding hydrogens is 180 g/mol. The molecule has 0 saturated heterocycles. The zero-order valence-electron chi connectivity index (χ0n) is 12.7. The van der Waals surface area contributed by atoms with Gasteiger partial charge in [0.15, 0.2) is 0 Å². The third-order valence-electron chi connectivity index (χ3n) is 0.618. The smallest absolute Gasteiger partial charge is 0.264 e. The SMILES string of the molecule is [2H]C([2H])(C([2H])([2H])[Si](C)(C)C)C([2H])([2H])S(=O)(=O)O. The monoisotopic (exact) mass is 202 g/mol. The molecule has 0 saturated carbocycles. The number of hydrogen-bond donors (Lipinski definition) is 1. The Kier molecular flexibility index (Phi) is 1.47. The largest absolute Gasteiger partial charge is 0.286 e. The second kappa shape index (κ2) is 3.69. The van der Waals surface area contributed by atoms with E-state index < -0.39 is 36.3 Å². The van der Waals surface area contributed by atoms with Crippen LogP contribution in [0.3, 0.4) is 0 Å². The van der Waals surface area contributed by atoms with Gasteiger partial charge in [-0.3, -0.25) is 4.55 Å². The lowest BCUT2D eigenvalue weighted by Gasteiger charge is -2.13. The first-order valence-corrected chi connectivity index (χ1v) is 7.91. The van der Waals surface area contributed by atoms with Gasteiger partial charge in [0.25, 0.3) is 10.1 Å². The van der Waals surface area contributed by atoms with Crippen LogP contribution >= 0.6 is 0 Å². The molecule has 0 aromatic rings. The fourth-order valence-electron chi connectivity index (χ4n) is 0.278. The lowest BCUT2D eigenvalue weighted by molar-refractivity contribution is 0.482. The second-order valence-corrected chi connectivity index (χ2v) is 8.98. The first-order valence-electron chi connectivity index (χ1n) is 5.97. The van der Waals surface area contributed by atoms with Gasteiger partial charge in [-0.15, -0.1) is 0 Å². The molecule has 0 aliphatic carbocycles. The maximum absolute atomic E-state index is 10.9. The van der Waals surface area contributed by atoms with Crippen molar-refractivity contribution in [2.45, 2.75) is 32.0 Å². The van der Waals surface area contributed by atoms with E-state index in [4.69, 9.17) is 12.8 Å². The zero-order valence-corrected chi connectivity index (χ0v) is 8.49. The Labute approximate surface area is 78.0 Å². The summed E-state index contributed by atoms with van der Waals surface area (Å²) in [5, 5.41) is 0. The molecule has 0 aromatic carbocycles. The Balaban J connectivity index is 5.91. The summed E-state index contributed by atoms with van der Waals surface area (Å²) >= 11 is 0. The lowest BCUT2D eigenvalue weighted by Crippen LogP contribution is -2.20. The molecule has 0 bridgehead atoms. The van der Waals surface area contributed by atoms with Crippen LogP contribution in [0.1, 0.15) is 14.6 Å². The molecule has 0 radical (unpaired) electrons. The highest BCUT2D eigenvalue weighted by Crippen LogP contribution is 2.11. The average Bonchev–Trinajstić information content (AvgIpc) is 1.98. The zero-order chi connectivity index (χ0) is 14.5. The van der Waals surface area contributed by atoms with Crippen LogP contribution in [0.2, 0.25) is 25.6 Å². The molecule has 0 spiro atoms. The van der Waals surface area contributed by atoms with E-state index in [1.54, 1.807) is 0 Å². The van der Waals surface area contributed by atoms with E-state index in [0.717, 1.165) is 0 Å². The van der Waals surface area contributed by atoms with Crippen molar-refractivity contribution in [3.8, 4) is 0 Å². The number of rotatable bonds is 4. The molecule has 0 heterocycles. The van der Waals surface area contributed by atoms with Gasteiger partial charge in [0.2, 0.25) is 0 Å². The van der Waals surface area contributed by atoms with Crippen molar-refractivity contribution in [1.82, 2.24) is 0 Å². The molecular formula is C6H16O3SSi. The minimum atomic E-state index is -5.36. The van der Waals surface area contributed by atoms with Crippen molar-refractivity contribution < 1.29 is 21.2 Å². The first-order chi connectivity index (χ1) is 7.00. The molecule has 0 fully saturated rings. The van der Waals surface area contributed by atoms with Gasteiger partial charge in [0.05, 0.1) is 5.70 Å². The standard InChI is InChI=1S/C6H16O3SSi/c1-11(2,3)6-4-5-10(7,8)9/h4-6H2,1-3H3,(H,7,8,9)/i4D2,5D2,6D2. The van der Waals surface area contributed by atoms with Crippen LogP contribution in [-0.4, -0.2) is 26.7 Å². The molecule has 0 aromatic heterocycles. The molecule has 11 heavy (non-hydrogen) atoms. The summed E-state index contributed by atoms with van der Waals surface area (Å²) in [6.45, 7) is 4.35. The summed E-state index contributed by atoms with van der Waals surface area (Å²) in [4.78, 5) is 0. The maximum Gasteiger partial charge on any atom is 0.264 e. The van der Waals surface area contributed by atoms with Crippen LogP contribution in [0.4, 0.5) is 0 Å². The van der Waals surface area contributed by atoms with Crippen LogP contribution < -0.4 is 0 Å². The quantitative estimate of drug-likeness (QED) is 0.556. The Bertz CT molecular complexity index is 398. The van der Waals surface area contributed by atoms with Gasteiger partial charge < -0.3 is 0 Å². The Morgan fingerprint density at radius 3 is 2.18 bits per heavy atom. The Morgan fingerprint density at radius 2 is 1.91 bits per heavy atom. The lowest BCUT2D eigenvalue weighted by atomic mass is 10.6. The minimum absolute atomic E-state index is 1.45. The highest BCUT2D eigenvalue weighted by atomic mass is 32.2. The molecule has 1 N–H and O–H groups in total. The van der Waals surface area contributed by atoms with Gasteiger partial charge in [-0.2, -0.15) is 8.42 Å². The highest BCUT2D eigenvalue weighted by Gasteiger charge is 2.14. The van der Waals surface area contributed by atoms with Crippen LogP contribution in [0.25, 0.3) is 0 Å². The predicted octanol–water partition coefficient (Wildman–Crippen LogP) is 1.60. The summed E-state index contributed by atoms with van der Waals surface area (Å²) in [5.41, 5.74) is -3.70. The topological polar surface area (TPSA) is 54.4 Å². The van der Waals surface area contributed by atoms with E-state index in [0.29, 0.717) is 0 Å². The van der Waals surface area contributed by atoms with Gasteiger partial charge in [0.1, 0.15) is 0 Å². The molecule has 5 heteroatoms. The molecule has 0 aliphatic heterocycles. The fraction of sp³-hybridized carbons (Fsp3) is 1.00. The summed E-state index contributed by atoms with van der Waals surface area (Å²) < 4.78 is 75.0. The van der Waals surface area contributed by atoms with Crippen molar-refractivity contribution in [3.05, 3.63) is 0 Å². The predicted molar refractivity (Wildman–Crippen MR) is 49.2 cm³/mol. The van der Waals surface area contributed by atoms with Gasteiger partial charge in [-0.05, 0) is 6.37 Å². The normalized spacial score (nSPS) is 25.5. The van der Waals surface area contributed by atoms with Crippen molar-refractivity contribution in [2.24, 2.45) is 0 Å².